The maximum absolute atomic E-state index is 12.4. The second-order valence-electron chi connectivity index (χ2n) is 7.75. The summed E-state index contributed by atoms with van der Waals surface area (Å²) in [5, 5.41) is 24.4. The highest BCUT2D eigenvalue weighted by Gasteiger charge is 2.29. The smallest absolute Gasteiger partial charge is 0.345 e. The van der Waals surface area contributed by atoms with E-state index in [0.29, 0.717) is 11.3 Å². The van der Waals surface area contributed by atoms with Gasteiger partial charge in [0.25, 0.3) is 5.56 Å². The molecule has 0 saturated heterocycles. The SMILES string of the molecule is CCNCc1cc2cc3c(cc2n1C)CCC(C)c1c-3[nH]c(=O)c(C(=O)O)c1O.Cl. The summed E-state index contributed by atoms with van der Waals surface area (Å²) >= 11 is 0. The molecule has 160 valence electrons. The molecule has 30 heavy (non-hydrogen) atoms. The molecule has 1 aliphatic rings. The second-order valence-corrected chi connectivity index (χ2v) is 7.75. The quantitative estimate of drug-likeness (QED) is 0.505. The first-order chi connectivity index (χ1) is 13.8. The van der Waals surface area contributed by atoms with Crippen LogP contribution in [0.1, 0.15) is 53.4 Å². The number of carbonyl (C=O) groups is 1. The van der Waals surface area contributed by atoms with Crippen LogP contribution in [0.2, 0.25) is 0 Å². The van der Waals surface area contributed by atoms with E-state index in [4.69, 9.17) is 0 Å². The van der Waals surface area contributed by atoms with Crippen LogP contribution >= 0.6 is 12.4 Å². The third-order valence-corrected chi connectivity index (χ3v) is 5.97. The predicted molar refractivity (Wildman–Crippen MR) is 119 cm³/mol. The highest BCUT2D eigenvalue weighted by atomic mass is 35.5. The molecule has 0 saturated carbocycles. The molecule has 1 atom stereocenters. The number of aromatic carboxylic acids is 1. The number of hydrogen-bond acceptors (Lipinski definition) is 4. The number of carboxylic acid groups (broad SMARTS) is 1. The van der Waals surface area contributed by atoms with Gasteiger partial charge in [-0.25, -0.2) is 4.79 Å². The Morgan fingerprint density at radius 2 is 2.07 bits per heavy atom. The molecule has 2 heterocycles. The minimum Gasteiger partial charge on any atom is -0.506 e. The van der Waals surface area contributed by atoms with E-state index < -0.39 is 22.8 Å². The van der Waals surface area contributed by atoms with Gasteiger partial charge >= 0.3 is 5.97 Å². The van der Waals surface area contributed by atoms with Crippen LogP contribution in [-0.2, 0) is 20.0 Å². The van der Waals surface area contributed by atoms with Gasteiger partial charge < -0.3 is 25.1 Å². The summed E-state index contributed by atoms with van der Waals surface area (Å²) in [7, 11) is 2.04. The minimum atomic E-state index is -1.42. The number of aromatic amines is 1. The molecule has 2 aromatic heterocycles. The summed E-state index contributed by atoms with van der Waals surface area (Å²) in [5.74, 6) is -1.92. The molecule has 0 bridgehead atoms. The van der Waals surface area contributed by atoms with E-state index in [1.165, 1.54) is 0 Å². The number of carboxylic acids is 1. The maximum Gasteiger partial charge on any atom is 0.345 e. The Labute approximate surface area is 180 Å². The number of nitrogens with one attached hydrogen (secondary N) is 2. The summed E-state index contributed by atoms with van der Waals surface area (Å²) in [5.41, 5.74) is 3.86. The average molecular weight is 432 g/mol. The topological polar surface area (TPSA) is 107 Å². The van der Waals surface area contributed by atoms with Crippen molar-refractivity contribution >= 4 is 29.3 Å². The van der Waals surface area contributed by atoms with Crippen LogP contribution in [0, 0.1) is 0 Å². The molecule has 0 fully saturated rings. The van der Waals surface area contributed by atoms with Crippen LogP contribution in [0.5, 0.6) is 5.75 Å². The number of aromatic nitrogens is 2. The third kappa shape index (κ3) is 3.38. The number of aryl methyl sites for hydroxylation is 2. The van der Waals surface area contributed by atoms with E-state index in [9.17, 15) is 19.8 Å². The number of halogens is 1. The molecule has 3 aromatic rings. The highest BCUT2D eigenvalue weighted by molar-refractivity contribution is 5.93. The Bertz CT molecular complexity index is 1200. The Balaban J connectivity index is 0.00000256. The van der Waals surface area contributed by atoms with Gasteiger partial charge in [-0.3, -0.25) is 4.79 Å². The average Bonchev–Trinajstić information content (AvgIpc) is 2.90. The molecular weight excluding hydrogens is 406 g/mol. The van der Waals surface area contributed by atoms with Gasteiger partial charge in [-0.05, 0) is 49.1 Å². The van der Waals surface area contributed by atoms with E-state index in [0.717, 1.165) is 53.7 Å². The fourth-order valence-electron chi connectivity index (χ4n) is 4.36. The lowest BCUT2D eigenvalue weighted by atomic mass is 9.93. The van der Waals surface area contributed by atoms with Gasteiger partial charge in [-0.15, -0.1) is 12.4 Å². The number of nitrogens with zero attached hydrogens (tertiary/aromatic N) is 1. The molecule has 4 rings (SSSR count). The molecule has 1 aromatic carbocycles. The Morgan fingerprint density at radius 3 is 2.73 bits per heavy atom. The summed E-state index contributed by atoms with van der Waals surface area (Å²) in [6, 6.07) is 6.30. The Kier molecular flexibility index (Phi) is 5.97. The van der Waals surface area contributed by atoms with Crippen LogP contribution in [-0.4, -0.2) is 32.3 Å². The fraction of sp³-hybridized carbons (Fsp3) is 0.364. The van der Waals surface area contributed by atoms with Crippen molar-refractivity contribution in [1.29, 1.82) is 0 Å². The van der Waals surface area contributed by atoms with E-state index >= 15 is 0 Å². The van der Waals surface area contributed by atoms with E-state index in [1.54, 1.807) is 0 Å². The minimum absolute atomic E-state index is 0. The molecule has 1 aliphatic carbocycles. The first kappa shape index (κ1) is 21.9. The molecule has 7 nitrogen and oxygen atoms in total. The van der Waals surface area contributed by atoms with Gasteiger partial charge in [0.05, 0.1) is 5.69 Å². The first-order valence-corrected chi connectivity index (χ1v) is 9.88. The lowest BCUT2D eigenvalue weighted by molar-refractivity contribution is 0.0691. The van der Waals surface area contributed by atoms with Crippen LogP contribution in [0.4, 0.5) is 0 Å². The number of hydrogen-bond donors (Lipinski definition) is 4. The normalized spacial score (nSPS) is 15.2. The Morgan fingerprint density at radius 1 is 1.33 bits per heavy atom. The van der Waals surface area contributed by atoms with Gasteiger partial charge in [0.2, 0.25) is 0 Å². The summed E-state index contributed by atoms with van der Waals surface area (Å²) < 4.78 is 2.17. The largest absolute Gasteiger partial charge is 0.506 e. The predicted octanol–water partition coefficient (Wildman–Crippen LogP) is 3.52. The van der Waals surface area contributed by atoms with E-state index in [-0.39, 0.29) is 18.3 Å². The van der Waals surface area contributed by atoms with Gasteiger partial charge in [-0.2, -0.15) is 0 Å². The Hall–Kier alpha value is -2.77. The number of fused-ring (bicyclic) bond motifs is 4. The molecule has 0 aliphatic heterocycles. The summed E-state index contributed by atoms with van der Waals surface area (Å²) in [6.07, 6.45) is 1.53. The van der Waals surface area contributed by atoms with Gasteiger partial charge in [-0.1, -0.05) is 13.8 Å². The van der Waals surface area contributed by atoms with Crippen molar-refractivity contribution in [2.75, 3.05) is 6.54 Å². The van der Waals surface area contributed by atoms with Crippen LogP contribution in [0.15, 0.2) is 23.0 Å². The van der Waals surface area contributed by atoms with E-state index in [1.807, 2.05) is 20.0 Å². The van der Waals surface area contributed by atoms with Crippen molar-refractivity contribution in [1.82, 2.24) is 14.9 Å². The van der Waals surface area contributed by atoms with Crippen LogP contribution in [0.25, 0.3) is 22.2 Å². The van der Waals surface area contributed by atoms with Crippen molar-refractivity contribution in [3.63, 3.8) is 0 Å². The van der Waals surface area contributed by atoms with Gasteiger partial charge in [0.15, 0.2) is 5.56 Å². The summed E-state index contributed by atoms with van der Waals surface area (Å²) in [4.78, 5) is 26.6. The maximum atomic E-state index is 12.4. The number of aromatic hydroxyl groups is 1. The van der Waals surface area contributed by atoms with E-state index in [2.05, 4.69) is 33.9 Å². The molecule has 1 unspecified atom stereocenters. The van der Waals surface area contributed by atoms with Crippen molar-refractivity contribution in [3.8, 4) is 17.0 Å². The fourth-order valence-corrected chi connectivity index (χ4v) is 4.36. The summed E-state index contributed by atoms with van der Waals surface area (Å²) in [6.45, 7) is 5.66. The van der Waals surface area contributed by atoms with Crippen LogP contribution < -0.4 is 10.9 Å². The first-order valence-electron chi connectivity index (χ1n) is 9.88. The molecule has 8 heteroatoms. The number of rotatable bonds is 4. The number of H-pyrrole nitrogens is 1. The lowest BCUT2D eigenvalue weighted by Crippen LogP contribution is -2.20. The van der Waals surface area contributed by atoms with Crippen molar-refractivity contribution in [3.05, 3.63) is 50.9 Å². The highest BCUT2D eigenvalue weighted by Crippen LogP contribution is 2.43. The molecule has 0 radical (unpaired) electrons. The van der Waals surface area contributed by atoms with Crippen LogP contribution in [0.3, 0.4) is 0 Å². The van der Waals surface area contributed by atoms with Crippen molar-refractivity contribution in [2.45, 2.75) is 39.2 Å². The molecule has 0 amide bonds. The van der Waals surface area contributed by atoms with Gasteiger partial charge in [0.1, 0.15) is 5.75 Å². The second kappa shape index (κ2) is 8.16. The van der Waals surface area contributed by atoms with Gasteiger partial charge in [0, 0.05) is 41.3 Å². The zero-order valence-corrected chi connectivity index (χ0v) is 18.0. The van der Waals surface area contributed by atoms with Crippen molar-refractivity contribution in [2.24, 2.45) is 7.05 Å². The third-order valence-electron chi connectivity index (χ3n) is 5.97. The standard InChI is InChI=1S/C22H25N3O4.ClH/c1-4-23-10-14-7-13-8-15-12(9-16(13)25(14)3)6-5-11(2)17-19(15)24-21(27)18(20(17)26)22(28)29;/h7-9,11,23H,4-6,10H2,1-3H3,(H,28,29)(H2,24,26,27);1H. The zero-order chi connectivity index (χ0) is 20.9. The molecule has 0 spiro atoms. The van der Waals surface area contributed by atoms with Crippen molar-refractivity contribution < 1.29 is 15.0 Å². The lowest BCUT2D eigenvalue weighted by Gasteiger charge is -2.16. The number of pyridine rings is 1. The number of benzene rings is 1. The molecule has 4 N–H and O–H groups in total. The zero-order valence-electron chi connectivity index (χ0n) is 17.2. The monoisotopic (exact) mass is 431 g/mol. The molecular formula is C22H26ClN3O4.